The summed E-state index contributed by atoms with van der Waals surface area (Å²) in [5.41, 5.74) is 0.596. The summed E-state index contributed by atoms with van der Waals surface area (Å²) >= 11 is 7.93. The summed E-state index contributed by atoms with van der Waals surface area (Å²) in [5, 5.41) is 5.86. The Morgan fingerprint density at radius 3 is 2.45 bits per heavy atom. The number of benzene rings is 1. The van der Waals surface area contributed by atoms with Crippen LogP contribution < -0.4 is 5.32 Å². The second kappa shape index (κ2) is 9.06. The molecule has 2 heterocycles. The molecule has 0 spiro atoms. The molecule has 3 rings (SSSR count). The summed E-state index contributed by atoms with van der Waals surface area (Å²) in [7, 11) is 0. The van der Waals surface area contributed by atoms with Crippen LogP contribution in [-0.4, -0.2) is 31.1 Å². The van der Waals surface area contributed by atoms with Gasteiger partial charge in [-0.1, -0.05) is 23.7 Å². The lowest BCUT2D eigenvalue weighted by Crippen LogP contribution is -2.45. The average Bonchev–Trinajstić information content (AvgIpc) is 2.98. The quantitative estimate of drug-likeness (QED) is 0.846. The topological polar surface area (TPSA) is 15.3 Å². The van der Waals surface area contributed by atoms with Gasteiger partial charge >= 0.3 is 0 Å². The average molecular weight is 384 g/mol. The molecule has 0 bridgehead atoms. The number of halogens is 4. The van der Waals surface area contributed by atoms with Crippen molar-refractivity contribution in [2.24, 2.45) is 0 Å². The van der Waals surface area contributed by atoms with E-state index in [4.69, 9.17) is 11.6 Å². The smallest absolute Gasteiger partial charge is 0.129 e. The summed E-state index contributed by atoms with van der Waals surface area (Å²) in [4.78, 5) is 3.44. The molecule has 1 saturated heterocycles. The highest BCUT2D eigenvalue weighted by Gasteiger charge is 2.28. The number of thiophene rings is 1. The molecule has 2 aromatic rings. The minimum Gasteiger partial charge on any atom is -0.314 e. The Labute approximate surface area is 151 Å². The maximum absolute atomic E-state index is 14.3. The van der Waals surface area contributed by atoms with E-state index in [1.807, 2.05) is 11.4 Å². The van der Waals surface area contributed by atoms with E-state index < -0.39 is 0 Å². The predicted octanol–water partition coefficient (Wildman–Crippen LogP) is 4.38. The first-order chi connectivity index (χ1) is 9.77. The fourth-order valence-electron chi connectivity index (χ4n) is 2.66. The Morgan fingerprint density at radius 1 is 1.14 bits per heavy atom. The normalized spacial score (nSPS) is 16.5. The fourth-order valence-corrected chi connectivity index (χ4v) is 3.80. The predicted molar refractivity (Wildman–Crippen MR) is 96.5 cm³/mol. The molecule has 1 fully saturated rings. The summed E-state index contributed by atoms with van der Waals surface area (Å²) in [6.07, 6.45) is 0. The second-order valence-electron chi connectivity index (χ2n) is 4.84. The van der Waals surface area contributed by atoms with Crippen LogP contribution in [0.25, 0.3) is 0 Å². The number of piperazine rings is 1. The highest BCUT2D eigenvalue weighted by molar-refractivity contribution is 7.10. The highest BCUT2D eigenvalue weighted by atomic mass is 35.5. The van der Waals surface area contributed by atoms with E-state index in [1.165, 1.54) is 6.07 Å². The molecule has 1 N–H and O–H groups in total. The van der Waals surface area contributed by atoms with Crippen LogP contribution in [0.3, 0.4) is 0 Å². The molecule has 0 radical (unpaired) electrons. The number of nitrogens with one attached hydrogen (secondary N) is 1. The van der Waals surface area contributed by atoms with Crippen LogP contribution in [0.1, 0.15) is 16.5 Å². The molecular formula is C15H18Cl3FN2S. The third-order valence-electron chi connectivity index (χ3n) is 3.60. The zero-order chi connectivity index (χ0) is 13.9. The maximum Gasteiger partial charge on any atom is 0.129 e. The van der Waals surface area contributed by atoms with Gasteiger partial charge in [0.1, 0.15) is 5.82 Å². The largest absolute Gasteiger partial charge is 0.314 e. The van der Waals surface area contributed by atoms with Crippen molar-refractivity contribution in [2.75, 3.05) is 26.2 Å². The highest BCUT2D eigenvalue weighted by Crippen LogP contribution is 2.37. The van der Waals surface area contributed by atoms with Gasteiger partial charge in [-0.25, -0.2) is 4.39 Å². The number of nitrogens with zero attached hydrogens (tertiary/aromatic N) is 1. The van der Waals surface area contributed by atoms with Gasteiger partial charge in [0, 0.05) is 41.6 Å². The molecule has 1 atom stereocenters. The summed E-state index contributed by atoms with van der Waals surface area (Å²) in [5.74, 6) is -0.227. The first-order valence-corrected chi connectivity index (χ1v) is 7.95. The molecule has 1 aromatic carbocycles. The van der Waals surface area contributed by atoms with E-state index in [2.05, 4.69) is 16.3 Å². The molecule has 2 nitrogen and oxygen atoms in total. The molecule has 122 valence electrons. The molecule has 0 saturated carbocycles. The van der Waals surface area contributed by atoms with E-state index in [9.17, 15) is 4.39 Å². The van der Waals surface area contributed by atoms with Crippen LogP contribution in [0, 0.1) is 5.82 Å². The van der Waals surface area contributed by atoms with Crippen molar-refractivity contribution in [1.29, 1.82) is 0 Å². The summed E-state index contributed by atoms with van der Waals surface area (Å²) in [6.45, 7) is 3.64. The van der Waals surface area contributed by atoms with Gasteiger partial charge in [0.2, 0.25) is 0 Å². The molecule has 0 unspecified atom stereocenters. The van der Waals surface area contributed by atoms with Crippen LogP contribution in [0.4, 0.5) is 4.39 Å². The third-order valence-corrected chi connectivity index (χ3v) is 4.86. The van der Waals surface area contributed by atoms with E-state index in [0.29, 0.717) is 10.6 Å². The number of rotatable bonds is 3. The lowest BCUT2D eigenvalue weighted by Gasteiger charge is -2.35. The van der Waals surface area contributed by atoms with Crippen LogP contribution in [0.2, 0.25) is 5.02 Å². The van der Waals surface area contributed by atoms with Crippen LogP contribution in [0.15, 0.2) is 35.7 Å². The van der Waals surface area contributed by atoms with Crippen molar-refractivity contribution in [3.8, 4) is 0 Å². The van der Waals surface area contributed by atoms with Crippen molar-refractivity contribution in [2.45, 2.75) is 6.04 Å². The Balaban J connectivity index is 0.00000121. The van der Waals surface area contributed by atoms with Crippen molar-refractivity contribution >= 4 is 47.8 Å². The first-order valence-electron chi connectivity index (χ1n) is 6.69. The van der Waals surface area contributed by atoms with Gasteiger partial charge in [-0.2, -0.15) is 0 Å². The van der Waals surface area contributed by atoms with Crippen molar-refractivity contribution < 1.29 is 4.39 Å². The van der Waals surface area contributed by atoms with Gasteiger partial charge < -0.3 is 5.32 Å². The first kappa shape index (κ1) is 19.7. The van der Waals surface area contributed by atoms with Crippen molar-refractivity contribution in [1.82, 2.24) is 10.2 Å². The zero-order valence-corrected chi connectivity index (χ0v) is 15.0. The van der Waals surface area contributed by atoms with E-state index in [-0.39, 0.29) is 36.7 Å². The fraction of sp³-hybridized carbons (Fsp3) is 0.333. The van der Waals surface area contributed by atoms with Gasteiger partial charge in [0.25, 0.3) is 0 Å². The molecule has 1 aliphatic heterocycles. The van der Waals surface area contributed by atoms with Gasteiger partial charge in [-0.3, -0.25) is 4.90 Å². The van der Waals surface area contributed by atoms with Gasteiger partial charge in [0.15, 0.2) is 0 Å². The molecule has 1 aliphatic rings. The molecule has 1 aromatic heterocycles. The lowest BCUT2D eigenvalue weighted by molar-refractivity contribution is 0.197. The van der Waals surface area contributed by atoms with Gasteiger partial charge in [0.05, 0.1) is 6.04 Å². The Morgan fingerprint density at radius 2 is 1.86 bits per heavy atom. The zero-order valence-electron chi connectivity index (χ0n) is 11.8. The molecule has 0 aliphatic carbocycles. The minimum atomic E-state index is -0.227. The lowest BCUT2D eigenvalue weighted by atomic mass is 10.0. The molecule has 7 heteroatoms. The maximum atomic E-state index is 14.3. The minimum absolute atomic E-state index is 0. The Bertz CT molecular complexity index is 554. The summed E-state index contributed by atoms with van der Waals surface area (Å²) in [6, 6.07) is 8.88. The van der Waals surface area contributed by atoms with Gasteiger partial charge in [-0.05, 0) is 23.6 Å². The van der Waals surface area contributed by atoms with Crippen LogP contribution in [0.5, 0.6) is 0 Å². The SMILES string of the molecule is Cl.Cl.Fc1cccc(Cl)c1[C@H](c1cccs1)N1CCNCC1. The summed E-state index contributed by atoms with van der Waals surface area (Å²) < 4.78 is 14.3. The third kappa shape index (κ3) is 4.13. The second-order valence-corrected chi connectivity index (χ2v) is 6.23. The van der Waals surface area contributed by atoms with Crippen molar-refractivity contribution in [3.05, 3.63) is 57.0 Å². The van der Waals surface area contributed by atoms with Crippen LogP contribution in [-0.2, 0) is 0 Å². The van der Waals surface area contributed by atoms with Crippen LogP contribution >= 0.6 is 47.8 Å². The van der Waals surface area contributed by atoms with E-state index in [1.54, 1.807) is 23.5 Å². The molecule has 0 amide bonds. The standard InChI is InChI=1S/C15H16ClFN2S.2ClH/c16-11-3-1-4-12(17)14(11)15(13-5-2-10-20-13)19-8-6-18-7-9-19;;/h1-5,10,15,18H,6-9H2;2*1H/t15-;;/m0../s1. The van der Waals surface area contributed by atoms with Crippen molar-refractivity contribution in [3.63, 3.8) is 0 Å². The number of hydrogen-bond donors (Lipinski definition) is 1. The number of hydrogen-bond acceptors (Lipinski definition) is 3. The van der Waals surface area contributed by atoms with Gasteiger partial charge in [-0.15, -0.1) is 36.2 Å². The van der Waals surface area contributed by atoms with E-state index in [0.717, 1.165) is 31.1 Å². The van der Waals surface area contributed by atoms with E-state index >= 15 is 0 Å². The molecular weight excluding hydrogens is 366 g/mol. The Kier molecular flexibility index (Phi) is 8.11. The monoisotopic (exact) mass is 382 g/mol. The Hall–Kier alpha value is -0.360. The molecule has 22 heavy (non-hydrogen) atoms.